The molecule has 0 rings (SSSR count). The Morgan fingerprint density at radius 3 is 2.25 bits per heavy atom. The van der Waals surface area contributed by atoms with Gasteiger partial charge in [-0.25, -0.2) is 11.6 Å². The van der Waals surface area contributed by atoms with Crippen molar-refractivity contribution in [1.29, 1.82) is 0 Å². The van der Waals surface area contributed by atoms with Crippen LogP contribution in [0, 0.1) is 0 Å². The lowest BCUT2D eigenvalue weighted by Gasteiger charge is -2.08. The molecule has 1 unspecified atom stereocenters. The van der Waals surface area contributed by atoms with E-state index in [1.807, 2.05) is 11.6 Å². The van der Waals surface area contributed by atoms with Gasteiger partial charge in [0.2, 0.25) is 0 Å². The van der Waals surface area contributed by atoms with Crippen molar-refractivity contribution in [3.8, 4) is 0 Å². The summed E-state index contributed by atoms with van der Waals surface area (Å²) in [6.45, 7) is 4.51. The molecule has 0 fully saturated rings. The number of rotatable bonds is 4. The van der Waals surface area contributed by atoms with Gasteiger partial charge in [0.25, 0.3) is 0 Å². The van der Waals surface area contributed by atoms with Gasteiger partial charge in [0.1, 0.15) is 0 Å². The topological polar surface area (TPSA) is 0 Å². The SMILES string of the molecule is BSC(CC)CCC. The first-order chi connectivity index (χ1) is 3.85. The van der Waals surface area contributed by atoms with E-state index in [1.165, 1.54) is 19.3 Å². The van der Waals surface area contributed by atoms with Gasteiger partial charge in [0, 0.05) is 0 Å². The van der Waals surface area contributed by atoms with Gasteiger partial charge in [-0.15, -0.1) is 0 Å². The fourth-order valence-electron chi connectivity index (χ4n) is 0.811. The van der Waals surface area contributed by atoms with Crippen LogP contribution in [-0.2, 0) is 0 Å². The summed E-state index contributed by atoms with van der Waals surface area (Å²) in [5, 5.41) is 0.917. The fourth-order valence-corrected chi connectivity index (χ4v) is 1.62. The van der Waals surface area contributed by atoms with Crippen LogP contribution in [-0.4, -0.2) is 12.4 Å². The molecule has 0 aromatic heterocycles. The molecule has 0 aromatic rings. The van der Waals surface area contributed by atoms with Gasteiger partial charge >= 0.3 is 0 Å². The van der Waals surface area contributed by atoms with E-state index in [0.717, 1.165) is 5.25 Å². The number of hydrogen-bond donors (Lipinski definition) is 0. The zero-order chi connectivity index (χ0) is 6.41. The molecule has 0 N–H and O–H groups in total. The van der Waals surface area contributed by atoms with Crippen LogP contribution in [0.25, 0.3) is 0 Å². The van der Waals surface area contributed by atoms with E-state index in [9.17, 15) is 0 Å². The molecule has 0 amide bonds. The zero-order valence-corrected chi connectivity index (χ0v) is 6.92. The lowest BCUT2D eigenvalue weighted by atomic mass is 10.2. The second kappa shape index (κ2) is 5.55. The molecule has 48 valence electrons. The highest BCUT2D eigenvalue weighted by Crippen LogP contribution is 2.14. The minimum absolute atomic E-state index is 0.917. The van der Waals surface area contributed by atoms with Crippen molar-refractivity contribution in [3.05, 3.63) is 0 Å². The van der Waals surface area contributed by atoms with Crippen LogP contribution in [0.4, 0.5) is 0 Å². The molecular formula is C6H15BS. The maximum absolute atomic E-state index is 2.26. The third-order valence-electron chi connectivity index (χ3n) is 1.40. The quantitative estimate of drug-likeness (QED) is 0.523. The highest BCUT2D eigenvalue weighted by Gasteiger charge is 1.98. The zero-order valence-electron chi connectivity index (χ0n) is 6.11. The Morgan fingerprint density at radius 2 is 2.12 bits per heavy atom. The molecule has 2 heteroatoms. The van der Waals surface area contributed by atoms with Gasteiger partial charge in [-0.05, 0) is 18.1 Å². The smallest absolute Gasteiger partial charge is 0.173 e. The lowest BCUT2D eigenvalue weighted by Crippen LogP contribution is -1.97. The highest BCUT2D eigenvalue weighted by atomic mass is 32.2. The van der Waals surface area contributed by atoms with Crippen LogP contribution >= 0.6 is 11.6 Å². The molecule has 0 heterocycles. The molecule has 0 radical (unpaired) electrons. The third kappa shape index (κ3) is 3.42. The lowest BCUT2D eigenvalue weighted by molar-refractivity contribution is 0.722. The van der Waals surface area contributed by atoms with E-state index in [2.05, 4.69) is 21.0 Å². The van der Waals surface area contributed by atoms with E-state index in [1.54, 1.807) is 0 Å². The Bertz CT molecular complexity index is 43.8. The normalized spacial score (nSPS) is 13.8. The molecule has 0 bridgehead atoms. The van der Waals surface area contributed by atoms with Gasteiger partial charge in [-0.3, -0.25) is 0 Å². The summed E-state index contributed by atoms with van der Waals surface area (Å²) in [4.78, 5) is 0. The van der Waals surface area contributed by atoms with Gasteiger partial charge in [0.15, 0.2) is 7.12 Å². The van der Waals surface area contributed by atoms with Crippen molar-refractivity contribution in [2.75, 3.05) is 0 Å². The summed E-state index contributed by atoms with van der Waals surface area (Å²) < 4.78 is 0. The minimum Gasteiger partial charge on any atom is -0.216 e. The Labute approximate surface area is 57.7 Å². The van der Waals surface area contributed by atoms with Crippen molar-refractivity contribution < 1.29 is 0 Å². The van der Waals surface area contributed by atoms with Crippen molar-refractivity contribution in [1.82, 2.24) is 0 Å². The predicted octanol–water partition coefficient (Wildman–Crippen LogP) is 1.85. The average molecular weight is 130 g/mol. The maximum atomic E-state index is 2.26. The monoisotopic (exact) mass is 130 g/mol. The first kappa shape index (κ1) is 8.41. The van der Waals surface area contributed by atoms with E-state index >= 15 is 0 Å². The fraction of sp³-hybridized carbons (Fsp3) is 1.00. The maximum Gasteiger partial charge on any atom is 0.173 e. The molecule has 0 saturated heterocycles. The van der Waals surface area contributed by atoms with Crippen molar-refractivity contribution in [2.24, 2.45) is 0 Å². The summed E-state index contributed by atoms with van der Waals surface area (Å²) in [7, 11) is 2.20. The second-order valence-electron chi connectivity index (χ2n) is 2.05. The standard InChI is InChI=1S/C6H15BS/c1-3-5-6(4-2)8-7/h6H,3-5,7H2,1-2H3. The molecule has 1 atom stereocenters. The average Bonchev–Trinajstić information content (AvgIpc) is 1.83. The first-order valence-electron chi connectivity index (χ1n) is 3.37. The Balaban J connectivity index is 3.07. The summed E-state index contributed by atoms with van der Waals surface area (Å²) in [5.41, 5.74) is 0. The first-order valence-corrected chi connectivity index (χ1v) is 4.66. The van der Waals surface area contributed by atoms with Crippen molar-refractivity contribution >= 4 is 18.7 Å². The molecule has 0 nitrogen and oxygen atoms in total. The predicted molar refractivity (Wildman–Crippen MR) is 45.1 cm³/mol. The van der Waals surface area contributed by atoms with Crippen LogP contribution in [0.5, 0.6) is 0 Å². The Hall–Kier alpha value is 0.415. The van der Waals surface area contributed by atoms with E-state index in [4.69, 9.17) is 0 Å². The summed E-state index contributed by atoms with van der Waals surface area (Å²) in [5.74, 6) is 0. The largest absolute Gasteiger partial charge is 0.216 e. The van der Waals surface area contributed by atoms with Gasteiger partial charge in [-0.2, -0.15) is 0 Å². The van der Waals surface area contributed by atoms with E-state index in [-0.39, 0.29) is 0 Å². The molecule has 0 aliphatic rings. The Kier molecular flexibility index (Phi) is 5.84. The van der Waals surface area contributed by atoms with Crippen LogP contribution in [0.1, 0.15) is 33.1 Å². The Morgan fingerprint density at radius 1 is 1.50 bits per heavy atom. The number of hydrogen-bond acceptors (Lipinski definition) is 1. The third-order valence-corrected chi connectivity index (χ3v) is 2.64. The molecule has 0 spiro atoms. The van der Waals surface area contributed by atoms with Crippen LogP contribution < -0.4 is 0 Å². The molecule has 0 aliphatic heterocycles. The minimum atomic E-state index is 0.917. The van der Waals surface area contributed by atoms with Gasteiger partial charge in [-0.1, -0.05) is 20.3 Å². The molecule has 8 heavy (non-hydrogen) atoms. The molecule has 0 aromatic carbocycles. The van der Waals surface area contributed by atoms with Gasteiger partial charge in [0.05, 0.1) is 0 Å². The molecule has 0 saturated carbocycles. The summed E-state index contributed by atoms with van der Waals surface area (Å²) in [6.07, 6.45) is 4.05. The summed E-state index contributed by atoms with van der Waals surface area (Å²) in [6, 6.07) is 0. The van der Waals surface area contributed by atoms with E-state index in [0.29, 0.717) is 0 Å². The van der Waals surface area contributed by atoms with Crippen molar-refractivity contribution in [3.63, 3.8) is 0 Å². The van der Waals surface area contributed by atoms with E-state index < -0.39 is 0 Å². The highest BCUT2D eigenvalue weighted by molar-refractivity contribution is 8.20. The van der Waals surface area contributed by atoms with Crippen molar-refractivity contribution in [2.45, 2.75) is 38.4 Å². The summed E-state index contributed by atoms with van der Waals surface area (Å²) >= 11 is 1.99. The van der Waals surface area contributed by atoms with Crippen LogP contribution in [0.2, 0.25) is 0 Å². The molecular weight excluding hydrogens is 115 g/mol. The molecule has 0 aliphatic carbocycles. The van der Waals surface area contributed by atoms with Crippen LogP contribution in [0.3, 0.4) is 0 Å². The van der Waals surface area contributed by atoms with Crippen LogP contribution in [0.15, 0.2) is 0 Å². The second-order valence-corrected chi connectivity index (χ2v) is 3.19. The van der Waals surface area contributed by atoms with Gasteiger partial charge < -0.3 is 0 Å².